The van der Waals surface area contributed by atoms with E-state index in [0.717, 1.165) is 11.3 Å². The molecule has 0 saturated heterocycles. The maximum absolute atomic E-state index is 12.0. The first-order valence-corrected chi connectivity index (χ1v) is 6.31. The molecule has 0 fully saturated rings. The maximum atomic E-state index is 12.0. The fourth-order valence-corrected chi connectivity index (χ4v) is 2.17. The molecule has 2 aromatic rings. The summed E-state index contributed by atoms with van der Waals surface area (Å²) < 4.78 is 1.56. The van der Waals surface area contributed by atoms with Gasteiger partial charge in [-0.3, -0.25) is 9.36 Å². The highest BCUT2D eigenvalue weighted by molar-refractivity contribution is 6.21. The predicted octanol–water partition coefficient (Wildman–Crippen LogP) is 2.57. The smallest absolute Gasteiger partial charge is 0.255 e. The van der Waals surface area contributed by atoms with Gasteiger partial charge in [-0.25, -0.2) is 0 Å². The molecule has 20 heavy (non-hydrogen) atoms. The highest BCUT2D eigenvalue weighted by atomic mass is 16.1. The number of nitrogens with zero attached hydrogens (tertiary/aromatic N) is 1. The van der Waals surface area contributed by atoms with Crippen molar-refractivity contribution in [1.29, 1.82) is 5.41 Å². The molecule has 102 valence electrons. The molecular formula is C16H17N3O. The lowest BCUT2D eigenvalue weighted by Crippen LogP contribution is -2.18. The van der Waals surface area contributed by atoms with E-state index in [1.54, 1.807) is 30.7 Å². The largest absolute Gasteiger partial charge is 0.402 e. The van der Waals surface area contributed by atoms with Crippen LogP contribution in [0.4, 0.5) is 0 Å². The van der Waals surface area contributed by atoms with Crippen LogP contribution in [0, 0.1) is 5.41 Å². The van der Waals surface area contributed by atoms with E-state index in [2.05, 4.69) is 0 Å². The average molecular weight is 267 g/mol. The molecule has 4 nitrogen and oxygen atoms in total. The summed E-state index contributed by atoms with van der Waals surface area (Å²) in [4.78, 5) is 12.0. The average Bonchev–Trinajstić information content (AvgIpc) is 2.41. The van der Waals surface area contributed by atoms with Gasteiger partial charge in [0.05, 0.1) is 0 Å². The standard InChI is InChI=1S/C16H17N3O/c1-11(17)16(12(2)18)13-8-9-15(20)19(10-13)14-6-4-3-5-7-14/h3-10,17H,18H2,1-2H3/b16-12+,17-11?. The fourth-order valence-electron chi connectivity index (χ4n) is 2.17. The van der Waals surface area contributed by atoms with E-state index in [4.69, 9.17) is 11.1 Å². The highest BCUT2D eigenvalue weighted by Gasteiger charge is 2.09. The van der Waals surface area contributed by atoms with Crippen molar-refractivity contribution in [1.82, 2.24) is 4.57 Å². The first-order valence-electron chi connectivity index (χ1n) is 6.31. The summed E-state index contributed by atoms with van der Waals surface area (Å²) in [6.07, 6.45) is 1.72. The Labute approximate surface area is 117 Å². The van der Waals surface area contributed by atoms with Crippen molar-refractivity contribution < 1.29 is 0 Å². The molecule has 0 atom stereocenters. The molecule has 4 heteroatoms. The Morgan fingerprint density at radius 1 is 1.10 bits per heavy atom. The molecule has 0 amide bonds. The fraction of sp³-hybridized carbons (Fsp3) is 0.125. The minimum atomic E-state index is -0.114. The number of nitrogens with two attached hydrogens (primary N) is 1. The number of rotatable bonds is 3. The normalized spacial score (nSPS) is 11.9. The maximum Gasteiger partial charge on any atom is 0.255 e. The minimum absolute atomic E-state index is 0.114. The van der Waals surface area contributed by atoms with Gasteiger partial charge in [0, 0.05) is 40.5 Å². The summed E-state index contributed by atoms with van der Waals surface area (Å²) in [6, 6.07) is 12.6. The summed E-state index contributed by atoms with van der Waals surface area (Å²) in [6.45, 7) is 3.44. The molecule has 0 aliphatic heterocycles. The van der Waals surface area contributed by atoms with Gasteiger partial charge in [-0.1, -0.05) is 18.2 Å². The van der Waals surface area contributed by atoms with Crippen molar-refractivity contribution in [2.24, 2.45) is 5.73 Å². The number of hydrogen-bond acceptors (Lipinski definition) is 3. The van der Waals surface area contributed by atoms with Crippen LogP contribution in [0.3, 0.4) is 0 Å². The Morgan fingerprint density at radius 2 is 1.75 bits per heavy atom. The van der Waals surface area contributed by atoms with Crippen molar-refractivity contribution in [2.45, 2.75) is 13.8 Å². The van der Waals surface area contributed by atoms with Crippen LogP contribution in [0.2, 0.25) is 0 Å². The number of allylic oxidation sites excluding steroid dienone is 2. The zero-order valence-electron chi connectivity index (χ0n) is 11.6. The third kappa shape index (κ3) is 2.69. The summed E-state index contributed by atoms with van der Waals surface area (Å²) in [5.41, 5.74) is 8.89. The van der Waals surface area contributed by atoms with E-state index >= 15 is 0 Å². The van der Waals surface area contributed by atoms with Crippen molar-refractivity contribution >= 4 is 11.3 Å². The van der Waals surface area contributed by atoms with Gasteiger partial charge in [0.2, 0.25) is 0 Å². The molecule has 0 radical (unpaired) electrons. The summed E-state index contributed by atoms with van der Waals surface area (Å²) in [5.74, 6) is 0. The third-order valence-electron chi connectivity index (χ3n) is 3.00. The van der Waals surface area contributed by atoms with Crippen molar-refractivity contribution in [3.8, 4) is 5.69 Å². The van der Waals surface area contributed by atoms with Crippen LogP contribution in [-0.4, -0.2) is 10.3 Å². The van der Waals surface area contributed by atoms with Crippen LogP contribution in [0.15, 0.2) is 59.2 Å². The molecule has 2 rings (SSSR count). The number of nitrogens with one attached hydrogen (secondary N) is 1. The predicted molar refractivity (Wildman–Crippen MR) is 82.2 cm³/mol. The monoisotopic (exact) mass is 267 g/mol. The lowest BCUT2D eigenvalue weighted by Gasteiger charge is -2.12. The lowest BCUT2D eigenvalue weighted by molar-refractivity contribution is 0.985. The summed E-state index contributed by atoms with van der Waals surface area (Å²) >= 11 is 0. The number of aromatic nitrogens is 1. The number of hydrogen-bond donors (Lipinski definition) is 2. The van der Waals surface area contributed by atoms with Gasteiger partial charge in [0.1, 0.15) is 0 Å². The van der Waals surface area contributed by atoms with E-state index in [-0.39, 0.29) is 5.56 Å². The van der Waals surface area contributed by atoms with Crippen LogP contribution in [0.5, 0.6) is 0 Å². The van der Waals surface area contributed by atoms with Crippen LogP contribution in [-0.2, 0) is 0 Å². The molecular weight excluding hydrogens is 250 g/mol. The molecule has 0 unspecified atom stereocenters. The van der Waals surface area contributed by atoms with Crippen molar-refractivity contribution in [3.05, 3.63) is 70.3 Å². The quantitative estimate of drug-likeness (QED) is 0.839. The number of benzene rings is 1. The Morgan fingerprint density at radius 3 is 2.30 bits per heavy atom. The van der Waals surface area contributed by atoms with Gasteiger partial charge in [-0.2, -0.15) is 0 Å². The Hall–Kier alpha value is -2.62. The lowest BCUT2D eigenvalue weighted by atomic mass is 10.0. The van der Waals surface area contributed by atoms with Crippen LogP contribution >= 0.6 is 0 Å². The van der Waals surface area contributed by atoms with Gasteiger partial charge in [-0.15, -0.1) is 0 Å². The number of pyridine rings is 1. The van der Waals surface area contributed by atoms with Gasteiger partial charge in [0.25, 0.3) is 5.56 Å². The van der Waals surface area contributed by atoms with E-state index in [0.29, 0.717) is 17.0 Å². The third-order valence-corrected chi connectivity index (χ3v) is 3.00. The Kier molecular flexibility index (Phi) is 3.84. The Bertz CT molecular complexity index is 723. The van der Waals surface area contributed by atoms with Crippen molar-refractivity contribution in [2.75, 3.05) is 0 Å². The molecule has 3 N–H and O–H groups in total. The van der Waals surface area contributed by atoms with Crippen LogP contribution < -0.4 is 11.3 Å². The second kappa shape index (κ2) is 5.57. The highest BCUT2D eigenvalue weighted by Crippen LogP contribution is 2.17. The first kappa shape index (κ1) is 13.8. The molecule has 0 aliphatic rings. The second-order valence-electron chi connectivity index (χ2n) is 4.64. The SMILES string of the molecule is CC(=N)/C(=C(/C)N)c1ccc(=O)n(-c2ccccc2)c1. The Balaban J connectivity index is 2.64. The van der Waals surface area contributed by atoms with Gasteiger partial charge < -0.3 is 11.1 Å². The molecule has 0 bridgehead atoms. The van der Waals surface area contributed by atoms with Gasteiger partial charge in [0.15, 0.2) is 0 Å². The molecule has 0 aliphatic carbocycles. The number of para-hydroxylation sites is 1. The van der Waals surface area contributed by atoms with Crippen molar-refractivity contribution in [3.63, 3.8) is 0 Å². The topological polar surface area (TPSA) is 71.9 Å². The summed E-state index contributed by atoms with van der Waals surface area (Å²) in [5, 5.41) is 7.82. The molecule has 0 saturated carbocycles. The molecule has 1 heterocycles. The zero-order chi connectivity index (χ0) is 14.7. The molecule has 1 aromatic heterocycles. The van der Waals surface area contributed by atoms with E-state index in [1.807, 2.05) is 30.3 Å². The first-order chi connectivity index (χ1) is 9.50. The van der Waals surface area contributed by atoms with Crippen LogP contribution in [0.1, 0.15) is 19.4 Å². The van der Waals surface area contributed by atoms with E-state index in [1.165, 1.54) is 6.07 Å². The summed E-state index contributed by atoms with van der Waals surface area (Å²) in [7, 11) is 0. The zero-order valence-corrected chi connectivity index (χ0v) is 11.6. The van der Waals surface area contributed by atoms with Gasteiger partial charge in [-0.05, 0) is 32.0 Å². The molecule has 1 aromatic carbocycles. The van der Waals surface area contributed by atoms with E-state index in [9.17, 15) is 4.79 Å². The van der Waals surface area contributed by atoms with Crippen LogP contribution in [0.25, 0.3) is 11.3 Å². The van der Waals surface area contributed by atoms with E-state index < -0.39 is 0 Å². The molecule has 0 spiro atoms. The second-order valence-corrected chi connectivity index (χ2v) is 4.64. The minimum Gasteiger partial charge on any atom is -0.402 e. The van der Waals surface area contributed by atoms with Gasteiger partial charge >= 0.3 is 0 Å².